The second-order valence-corrected chi connectivity index (χ2v) is 11.5. The average molecular weight is 547 g/mol. The zero-order chi connectivity index (χ0) is 29.8. The highest BCUT2D eigenvalue weighted by Gasteiger charge is 2.31. The summed E-state index contributed by atoms with van der Waals surface area (Å²) in [4.78, 5) is 74.9. The molecule has 2 aliphatic rings. The van der Waals surface area contributed by atoms with Gasteiger partial charge in [0, 0.05) is 22.3 Å². The van der Waals surface area contributed by atoms with Crippen molar-refractivity contribution in [3.63, 3.8) is 0 Å². The Morgan fingerprint density at radius 1 is 0.625 bits per heavy atom. The van der Waals surface area contributed by atoms with Gasteiger partial charge in [-0.15, -0.1) is 0 Å². The Morgan fingerprint density at radius 2 is 0.975 bits per heavy atom. The molecule has 8 nitrogen and oxygen atoms in total. The molecule has 0 saturated heterocycles. The van der Waals surface area contributed by atoms with Crippen molar-refractivity contribution >= 4 is 46.2 Å². The fourth-order valence-electron chi connectivity index (χ4n) is 4.70. The van der Waals surface area contributed by atoms with Gasteiger partial charge in [0.05, 0.1) is 10.8 Å². The molecule has 0 bridgehead atoms. The Bertz CT molecular complexity index is 1300. The lowest BCUT2D eigenvalue weighted by Crippen LogP contribution is -2.24. The van der Waals surface area contributed by atoms with Gasteiger partial charge in [-0.25, -0.2) is 0 Å². The summed E-state index contributed by atoms with van der Waals surface area (Å²) in [5.41, 5.74) is -0.506. The monoisotopic (exact) mass is 546 g/mol. The Balaban J connectivity index is 1.84. The maximum atomic E-state index is 13.5. The first-order valence-corrected chi connectivity index (χ1v) is 13.2. The molecule has 0 fully saturated rings. The summed E-state index contributed by atoms with van der Waals surface area (Å²) in [5, 5.41) is 18.7. The van der Waals surface area contributed by atoms with Gasteiger partial charge in [-0.3, -0.25) is 28.8 Å². The van der Waals surface area contributed by atoms with Gasteiger partial charge in [0.15, 0.2) is 23.1 Å². The highest BCUT2D eigenvalue weighted by Crippen LogP contribution is 2.35. The van der Waals surface area contributed by atoms with Crippen LogP contribution in [0.3, 0.4) is 0 Å². The molecule has 2 N–H and O–H groups in total. The topological polar surface area (TPSA) is 143 Å². The third-order valence-electron chi connectivity index (χ3n) is 7.44. The maximum absolute atomic E-state index is 13.5. The molecule has 0 spiro atoms. The standard InChI is InChI=1S/C32H34O8/c1-31(2,29(37)38)13-7-9-19-15-21(33)17-25(27(19)35)23-11-5-6-12-24(23)26-18-22(34)16-20(28(26)36)10-8-14-32(3,4)30(39)40/h5-6,11-12,15-18H,7-10,13-14H2,1-4H3,(H,37,38)(H,39,40). The number of rotatable bonds is 12. The smallest absolute Gasteiger partial charge is 0.309 e. The van der Waals surface area contributed by atoms with Crippen LogP contribution in [0.2, 0.25) is 0 Å². The van der Waals surface area contributed by atoms with Crippen LogP contribution >= 0.6 is 0 Å². The number of carbonyl (C=O) groups excluding carboxylic acids is 4. The largest absolute Gasteiger partial charge is 0.481 e. The zero-order valence-electron chi connectivity index (χ0n) is 23.2. The molecule has 0 amide bonds. The van der Waals surface area contributed by atoms with Crippen molar-refractivity contribution in [1.82, 2.24) is 0 Å². The number of hydrogen-bond donors (Lipinski definition) is 2. The van der Waals surface area contributed by atoms with Crippen LogP contribution in [-0.2, 0) is 28.8 Å². The molecule has 0 unspecified atom stereocenters. The summed E-state index contributed by atoms with van der Waals surface area (Å²) < 4.78 is 0. The predicted molar refractivity (Wildman–Crippen MR) is 149 cm³/mol. The van der Waals surface area contributed by atoms with E-state index in [1.54, 1.807) is 52.0 Å². The summed E-state index contributed by atoms with van der Waals surface area (Å²) in [6.45, 7) is 6.41. The lowest BCUT2D eigenvalue weighted by molar-refractivity contribution is -0.148. The third-order valence-corrected chi connectivity index (χ3v) is 7.44. The first-order valence-electron chi connectivity index (χ1n) is 13.2. The highest BCUT2D eigenvalue weighted by atomic mass is 16.4. The van der Waals surface area contributed by atoms with Gasteiger partial charge in [0.1, 0.15) is 0 Å². The Labute approximate surface area is 233 Å². The average Bonchev–Trinajstić information content (AvgIpc) is 2.87. The van der Waals surface area contributed by atoms with Crippen molar-refractivity contribution in [1.29, 1.82) is 0 Å². The van der Waals surface area contributed by atoms with Gasteiger partial charge in [-0.05, 0) is 102 Å². The number of benzene rings is 1. The van der Waals surface area contributed by atoms with E-state index in [2.05, 4.69) is 0 Å². The summed E-state index contributed by atoms with van der Waals surface area (Å²) in [7, 11) is 0. The van der Waals surface area contributed by atoms with Crippen molar-refractivity contribution in [2.75, 3.05) is 0 Å². The summed E-state index contributed by atoms with van der Waals surface area (Å²) in [6, 6.07) is 6.58. The minimum Gasteiger partial charge on any atom is -0.481 e. The molecule has 1 aromatic carbocycles. The first kappa shape index (κ1) is 30.3. The maximum Gasteiger partial charge on any atom is 0.309 e. The first-order chi connectivity index (χ1) is 18.6. The number of carboxylic acid groups (broad SMARTS) is 2. The normalized spacial score (nSPS) is 16.3. The number of ketones is 4. The Kier molecular flexibility index (Phi) is 9.03. The molecular formula is C32H34O8. The second kappa shape index (κ2) is 11.9. The Hall–Kier alpha value is -4.20. The van der Waals surface area contributed by atoms with Crippen molar-refractivity contribution < 1.29 is 39.0 Å². The molecule has 0 aliphatic heterocycles. The number of carboxylic acids is 2. The SMILES string of the molecule is CC(C)(CCCC1=CC(=O)C=C(c2ccccc2C2=CC(=O)C=C(CCCC(C)(C)C(=O)O)C2=O)C1=O)C(=O)O. The molecule has 0 atom stereocenters. The molecule has 8 heteroatoms. The zero-order valence-corrected chi connectivity index (χ0v) is 23.2. The molecule has 0 radical (unpaired) electrons. The number of hydrogen-bond acceptors (Lipinski definition) is 6. The lowest BCUT2D eigenvalue weighted by atomic mass is 9.80. The van der Waals surface area contributed by atoms with Crippen LogP contribution in [0, 0.1) is 10.8 Å². The Morgan fingerprint density at radius 3 is 1.30 bits per heavy atom. The molecule has 0 saturated carbocycles. The van der Waals surface area contributed by atoms with Gasteiger partial charge >= 0.3 is 11.9 Å². The van der Waals surface area contributed by atoms with E-state index in [9.17, 15) is 39.0 Å². The van der Waals surface area contributed by atoms with E-state index in [1.807, 2.05) is 0 Å². The molecule has 0 aromatic heterocycles. The van der Waals surface area contributed by atoms with E-state index in [4.69, 9.17) is 0 Å². The van der Waals surface area contributed by atoms with Crippen molar-refractivity contribution in [3.8, 4) is 0 Å². The molecule has 40 heavy (non-hydrogen) atoms. The minimum absolute atomic E-state index is 0.107. The highest BCUT2D eigenvalue weighted by molar-refractivity contribution is 6.40. The van der Waals surface area contributed by atoms with E-state index < -0.39 is 34.3 Å². The van der Waals surface area contributed by atoms with Gasteiger partial charge < -0.3 is 10.2 Å². The van der Waals surface area contributed by atoms with E-state index in [0.717, 1.165) is 0 Å². The summed E-state index contributed by atoms with van der Waals surface area (Å²) in [6.07, 6.45) is 6.82. The summed E-state index contributed by atoms with van der Waals surface area (Å²) in [5.74, 6) is -3.44. The van der Waals surface area contributed by atoms with Gasteiger partial charge in [-0.2, -0.15) is 0 Å². The fourth-order valence-corrected chi connectivity index (χ4v) is 4.70. The van der Waals surface area contributed by atoms with Gasteiger partial charge in [-0.1, -0.05) is 24.3 Å². The number of Topliss-reactive ketones (excluding diaryl/α,β-unsaturated/α-hetero) is 2. The van der Waals surface area contributed by atoms with Crippen LogP contribution < -0.4 is 0 Å². The van der Waals surface area contributed by atoms with Crippen LogP contribution in [0.25, 0.3) is 11.1 Å². The van der Waals surface area contributed by atoms with Crippen molar-refractivity contribution in [2.45, 2.75) is 66.2 Å². The van der Waals surface area contributed by atoms with Crippen LogP contribution in [0.1, 0.15) is 77.3 Å². The number of carbonyl (C=O) groups is 6. The minimum atomic E-state index is -0.970. The van der Waals surface area contributed by atoms with E-state index in [-0.39, 0.29) is 46.7 Å². The van der Waals surface area contributed by atoms with Gasteiger partial charge in [0.2, 0.25) is 0 Å². The van der Waals surface area contributed by atoms with Crippen LogP contribution in [0.5, 0.6) is 0 Å². The number of aliphatic carboxylic acids is 2. The van der Waals surface area contributed by atoms with Crippen LogP contribution in [-0.4, -0.2) is 45.3 Å². The molecule has 0 heterocycles. The van der Waals surface area contributed by atoms with Crippen molar-refractivity contribution in [3.05, 3.63) is 70.8 Å². The molecular weight excluding hydrogens is 512 g/mol. The van der Waals surface area contributed by atoms with E-state index in [1.165, 1.54) is 24.3 Å². The van der Waals surface area contributed by atoms with Gasteiger partial charge in [0.25, 0.3) is 0 Å². The van der Waals surface area contributed by atoms with Crippen LogP contribution in [0.15, 0.2) is 59.7 Å². The predicted octanol–water partition coefficient (Wildman–Crippen LogP) is 5.17. The number of allylic oxidation sites excluding steroid dienone is 8. The molecule has 3 rings (SSSR count). The second-order valence-electron chi connectivity index (χ2n) is 11.5. The lowest BCUT2D eigenvalue weighted by Gasteiger charge is -2.22. The third kappa shape index (κ3) is 6.86. The molecule has 2 aliphatic carbocycles. The molecule has 1 aromatic rings. The fraction of sp³-hybridized carbons (Fsp3) is 0.375. The quantitative estimate of drug-likeness (QED) is 0.342. The van der Waals surface area contributed by atoms with Crippen molar-refractivity contribution in [2.24, 2.45) is 10.8 Å². The van der Waals surface area contributed by atoms with E-state index in [0.29, 0.717) is 36.8 Å². The molecule has 210 valence electrons. The van der Waals surface area contributed by atoms with Crippen LogP contribution in [0.4, 0.5) is 0 Å². The van der Waals surface area contributed by atoms with E-state index >= 15 is 0 Å². The summed E-state index contributed by atoms with van der Waals surface area (Å²) >= 11 is 0.